The SMILES string of the molecule is C[C@H](CCNC(=O)[C@H](C)C1CCN(C(=O)c2cc3cc(Cl)ccc3[nH]2)CC1)N1CCCCCC1. The maximum atomic E-state index is 13.0. The molecule has 7 heteroatoms. The van der Waals surface area contributed by atoms with E-state index in [4.69, 9.17) is 11.6 Å². The maximum absolute atomic E-state index is 13.0. The van der Waals surface area contributed by atoms with Crippen LogP contribution in [-0.4, -0.2) is 65.4 Å². The zero-order valence-corrected chi connectivity index (χ0v) is 21.4. The highest BCUT2D eigenvalue weighted by Gasteiger charge is 2.30. The molecule has 2 saturated heterocycles. The van der Waals surface area contributed by atoms with Gasteiger partial charge in [0.2, 0.25) is 5.91 Å². The molecular weight excluding hydrogens is 448 g/mol. The number of aromatic amines is 1. The summed E-state index contributed by atoms with van der Waals surface area (Å²) in [7, 11) is 0. The van der Waals surface area contributed by atoms with Gasteiger partial charge in [0.1, 0.15) is 5.69 Å². The van der Waals surface area contributed by atoms with Crippen LogP contribution in [-0.2, 0) is 4.79 Å². The van der Waals surface area contributed by atoms with Crippen molar-refractivity contribution in [3.8, 4) is 0 Å². The highest BCUT2D eigenvalue weighted by Crippen LogP contribution is 2.27. The standard InChI is InChI=1S/C27H39ClN4O2/c1-19(31-13-5-3-4-6-14-31)9-12-29-26(33)20(2)21-10-15-32(16-11-21)27(34)25-18-22-17-23(28)7-8-24(22)30-25/h7-8,17-21,30H,3-6,9-16H2,1-2H3,(H,29,33)/t19-,20-/m1/s1. The normalized spacial score (nSPS) is 20.1. The predicted molar refractivity (Wildman–Crippen MR) is 138 cm³/mol. The molecule has 186 valence electrons. The third-order valence-corrected chi connectivity index (χ3v) is 8.12. The van der Waals surface area contributed by atoms with Crippen LogP contribution < -0.4 is 5.32 Å². The lowest BCUT2D eigenvalue weighted by molar-refractivity contribution is -0.126. The Kier molecular flexibility index (Phi) is 8.54. The van der Waals surface area contributed by atoms with Crippen LogP contribution in [0, 0.1) is 11.8 Å². The molecule has 2 fully saturated rings. The Bertz CT molecular complexity index is 974. The maximum Gasteiger partial charge on any atom is 0.270 e. The summed E-state index contributed by atoms with van der Waals surface area (Å²) in [5.74, 6) is 0.459. The molecule has 2 aromatic rings. The summed E-state index contributed by atoms with van der Waals surface area (Å²) in [6.45, 7) is 8.81. The van der Waals surface area contributed by atoms with Gasteiger partial charge in [0, 0.05) is 47.5 Å². The molecule has 1 aromatic carbocycles. The van der Waals surface area contributed by atoms with Gasteiger partial charge in [0.15, 0.2) is 0 Å². The van der Waals surface area contributed by atoms with Crippen LogP contribution in [0.4, 0.5) is 0 Å². The first kappa shape index (κ1) is 25.1. The molecule has 6 nitrogen and oxygen atoms in total. The summed E-state index contributed by atoms with van der Waals surface area (Å²) in [4.78, 5) is 33.5. The number of aromatic nitrogens is 1. The molecule has 0 aliphatic carbocycles. The van der Waals surface area contributed by atoms with Crippen molar-refractivity contribution in [3.63, 3.8) is 0 Å². The monoisotopic (exact) mass is 486 g/mol. The van der Waals surface area contributed by atoms with Crippen molar-refractivity contribution in [2.75, 3.05) is 32.7 Å². The van der Waals surface area contributed by atoms with Gasteiger partial charge in [-0.05, 0) is 82.3 Å². The zero-order valence-electron chi connectivity index (χ0n) is 20.6. The van der Waals surface area contributed by atoms with E-state index in [-0.39, 0.29) is 17.7 Å². The second kappa shape index (κ2) is 11.6. The molecule has 1 aromatic heterocycles. The highest BCUT2D eigenvalue weighted by atomic mass is 35.5. The Morgan fingerprint density at radius 1 is 1.06 bits per heavy atom. The fourth-order valence-electron chi connectivity index (χ4n) is 5.49. The second-order valence-corrected chi connectivity index (χ2v) is 10.6. The molecule has 2 amide bonds. The number of likely N-dealkylation sites (tertiary alicyclic amines) is 2. The molecular formula is C27H39ClN4O2. The van der Waals surface area contributed by atoms with Crippen molar-refractivity contribution in [2.24, 2.45) is 11.8 Å². The second-order valence-electron chi connectivity index (χ2n) is 10.2. The topological polar surface area (TPSA) is 68.4 Å². The summed E-state index contributed by atoms with van der Waals surface area (Å²) < 4.78 is 0. The lowest BCUT2D eigenvalue weighted by Crippen LogP contribution is -2.43. The molecule has 2 N–H and O–H groups in total. The highest BCUT2D eigenvalue weighted by molar-refractivity contribution is 6.31. The van der Waals surface area contributed by atoms with Gasteiger partial charge in [-0.25, -0.2) is 0 Å². The average Bonchev–Trinajstić information content (AvgIpc) is 3.07. The number of hydrogen-bond acceptors (Lipinski definition) is 3. The molecule has 3 heterocycles. The average molecular weight is 487 g/mol. The minimum absolute atomic E-state index is 0.0189. The third kappa shape index (κ3) is 6.14. The number of nitrogens with one attached hydrogen (secondary N) is 2. The van der Waals surface area contributed by atoms with E-state index in [9.17, 15) is 9.59 Å². The molecule has 0 radical (unpaired) electrons. The Hall–Kier alpha value is -2.05. The summed E-state index contributed by atoms with van der Waals surface area (Å²) in [6, 6.07) is 7.98. The van der Waals surface area contributed by atoms with Crippen LogP contribution in [0.15, 0.2) is 24.3 Å². The first-order valence-electron chi connectivity index (χ1n) is 13.0. The number of fused-ring (bicyclic) bond motifs is 1. The van der Waals surface area contributed by atoms with Crippen LogP contribution in [0.25, 0.3) is 10.9 Å². The molecule has 0 spiro atoms. The van der Waals surface area contributed by atoms with E-state index in [1.165, 1.54) is 38.8 Å². The minimum atomic E-state index is -0.0269. The number of nitrogens with zero attached hydrogens (tertiary/aromatic N) is 2. The van der Waals surface area contributed by atoms with E-state index in [1.807, 2.05) is 36.1 Å². The summed E-state index contributed by atoms with van der Waals surface area (Å²) in [5, 5.41) is 4.79. The zero-order chi connectivity index (χ0) is 24.1. The van der Waals surface area contributed by atoms with Crippen LogP contribution in [0.5, 0.6) is 0 Å². The fraction of sp³-hybridized carbons (Fsp3) is 0.630. The number of halogens is 1. The van der Waals surface area contributed by atoms with Gasteiger partial charge in [0.05, 0.1) is 0 Å². The molecule has 2 atom stereocenters. The first-order valence-corrected chi connectivity index (χ1v) is 13.4. The Morgan fingerprint density at radius 3 is 2.47 bits per heavy atom. The molecule has 0 unspecified atom stereocenters. The minimum Gasteiger partial charge on any atom is -0.356 e. The van der Waals surface area contributed by atoms with Gasteiger partial charge in [0.25, 0.3) is 5.91 Å². The van der Waals surface area contributed by atoms with E-state index in [2.05, 4.69) is 22.1 Å². The lowest BCUT2D eigenvalue weighted by Gasteiger charge is -2.34. The quantitative estimate of drug-likeness (QED) is 0.573. The number of carbonyl (C=O) groups is 2. The molecule has 4 rings (SSSR count). The molecule has 0 bridgehead atoms. The van der Waals surface area contributed by atoms with Crippen molar-refractivity contribution in [1.29, 1.82) is 0 Å². The van der Waals surface area contributed by atoms with Gasteiger partial charge < -0.3 is 20.1 Å². The molecule has 34 heavy (non-hydrogen) atoms. The van der Waals surface area contributed by atoms with Crippen LogP contribution >= 0.6 is 11.6 Å². The Morgan fingerprint density at radius 2 is 1.76 bits per heavy atom. The van der Waals surface area contributed by atoms with Gasteiger partial charge in [-0.1, -0.05) is 31.4 Å². The number of piperidine rings is 1. The molecule has 2 aliphatic heterocycles. The van der Waals surface area contributed by atoms with Crippen LogP contribution in [0.2, 0.25) is 5.02 Å². The smallest absolute Gasteiger partial charge is 0.270 e. The van der Waals surface area contributed by atoms with E-state index in [0.29, 0.717) is 35.8 Å². The first-order chi connectivity index (χ1) is 16.4. The van der Waals surface area contributed by atoms with Gasteiger partial charge in [-0.3, -0.25) is 9.59 Å². The lowest BCUT2D eigenvalue weighted by atomic mass is 9.84. The van der Waals surface area contributed by atoms with E-state index in [1.54, 1.807) is 0 Å². The fourth-order valence-corrected chi connectivity index (χ4v) is 5.67. The Balaban J connectivity index is 1.21. The van der Waals surface area contributed by atoms with Crippen molar-refractivity contribution in [2.45, 2.75) is 64.8 Å². The summed E-state index contributed by atoms with van der Waals surface area (Å²) in [5.41, 5.74) is 1.51. The summed E-state index contributed by atoms with van der Waals surface area (Å²) in [6.07, 6.45) is 8.00. The van der Waals surface area contributed by atoms with E-state index in [0.717, 1.165) is 36.7 Å². The number of amides is 2. The van der Waals surface area contributed by atoms with Crippen LogP contribution in [0.1, 0.15) is 69.3 Å². The summed E-state index contributed by atoms with van der Waals surface area (Å²) >= 11 is 6.07. The number of benzene rings is 1. The number of H-pyrrole nitrogens is 1. The van der Waals surface area contributed by atoms with Crippen molar-refractivity contribution >= 4 is 34.3 Å². The largest absolute Gasteiger partial charge is 0.356 e. The molecule has 0 saturated carbocycles. The number of carbonyl (C=O) groups excluding carboxylic acids is 2. The number of hydrogen-bond donors (Lipinski definition) is 2. The molecule has 2 aliphatic rings. The Labute approximate surface area is 208 Å². The van der Waals surface area contributed by atoms with Gasteiger partial charge in [-0.2, -0.15) is 0 Å². The van der Waals surface area contributed by atoms with Crippen molar-refractivity contribution in [3.05, 3.63) is 35.0 Å². The third-order valence-electron chi connectivity index (χ3n) is 7.89. The van der Waals surface area contributed by atoms with E-state index >= 15 is 0 Å². The van der Waals surface area contributed by atoms with Crippen LogP contribution in [0.3, 0.4) is 0 Å². The van der Waals surface area contributed by atoms with Crippen molar-refractivity contribution < 1.29 is 9.59 Å². The van der Waals surface area contributed by atoms with E-state index < -0.39 is 0 Å². The van der Waals surface area contributed by atoms with Gasteiger partial charge >= 0.3 is 0 Å². The predicted octanol–water partition coefficient (Wildman–Crippen LogP) is 5.08. The number of rotatable bonds is 7. The van der Waals surface area contributed by atoms with Gasteiger partial charge in [-0.15, -0.1) is 0 Å². The van der Waals surface area contributed by atoms with Crippen molar-refractivity contribution in [1.82, 2.24) is 20.1 Å².